The summed E-state index contributed by atoms with van der Waals surface area (Å²) in [6.07, 6.45) is 6.17. The minimum absolute atomic E-state index is 0.0308. The summed E-state index contributed by atoms with van der Waals surface area (Å²) in [7, 11) is -3.60. The first kappa shape index (κ1) is 20.3. The number of ether oxygens (including phenoxy) is 1. The van der Waals surface area contributed by atoms with Crippen LogP contribution in [0.3, 0.4) is 0 Å². The highest BCUT2D eigenvalue weighted by atomic mass is 32.2. The minimum Gasteiger partial charge on any atom is -0.491 e. The van der Waals surface area contributed by atoms with E-state index in [0.717, 1.165) is 19.3 Å². The number of rotatable bonds is 5. The van der Waals surface area contributed by atoms with Gasteiger partial charge < -0.3 is 15.4 Å². The van der Waals surface area contributed by atoms with E-state index in [1.54, 1.807) is 36.7 Å². The summed E-state index contributed by atoms with van der Waals surface area (Å²) in [6.45, 7) is 0.951. The van der Waals surface area contributed by atoms with E-state index in [2.05, 4.69) is 14.4 Å². The van der Waals surface area contributed by atoms with Gasteiger partial charge in [0.2, 0.25) is 5.91 Å². The maximum Gasteiger partial charge on any atom is 0.259 e. The van der Waals surface area contributed by atoms with E-state index in [-0.39, 0.29) is 36.6 Å². The van der Waals surface area contributed by atoms with Crippen molar-refractivity contribution in [3.8, 4) is 5.75 Å². The number of carbonyl (C=O) groups excluding carboxylic acids is 1. The molecule has 1 aromatic carbocycles. The largest absolute Gasteiger partial charge is 0.491 e. The zero-order valence-corrected chi connectivity index (χ0v) is 17.2. The molecule has 2 N–H and O–H groups in total. The monoisotopic (exact) mass is 429 g/mol. The van der Waals surface area contributed by atoms with Gasteiger partial charge in [0.05, 0.1) is 23.8 Å². The van der Waals surface area contributed by atoms with E-state index in [1.807, 2.05) is 4.90 Å². The van der Waals surface area contributed by atoms with Crippen molar-refractivity contribution >= 4 is 21.8 Å². The number of sulfonamides is 1. The number of hydrogen-bond acceptors (Lipinski definition) is 7. The number of hydrogen-bond donors (Lipinski definition) is 1. The maximum atomic E-state index is 12.8. The van der Waals surface area contributed by atoms with Crippen molar-refractivity contribution in [2.45, 2.75) is 37.5 Å². The van der Waals surface area contributed by atoms with Crippen molar-refractivity contribution in [1.82, 2.24) is 14.9 Å². The molecule has 1 aromatic heterocycles. The van der Waals surface area contributed by atoms with Crippen LogP contribution < -0.4 is 10.5 Å². The second-order valence-electron chi connectivity index (χ2n) is 7.38. The smallest absolute Gasteiger partial charge is 0.259 e. The Balaban J connectivity index is 1.48. The lowest BCUT2D eigenvalue weighted by Crippen LogP contribution is -2.47. The molecule has 0 radical (unpaired) electrons. The molecule has 1 atom stereocenters. The molecule has 0 bridgehead atoms. The second-order valence-corrected chi connectivity index (χ2v) is 9.02. The second kappa shape index (κ2) is 8.39. The van der Waals surface area contributed by atoms with Gasteiger partial charge in [-0.05, 0) is 37.0 Å². The van der Waals surface area contributed by atoms with Crippen LogP contribution in [0, 0.1) is 0 Å². The average molecular weight is 430 g/mol. The van der Waals surface area contributed by atoms with Crippen LogP contribution in [0.25, 0.3) is 0 Å². The van der Waals surface area contributed by atoms with Crippen molar-refractivity contribution in [3.05, 3.63) is 53.6 Å². The number of aromatic nitrogens is 2. The van der Waals surface area contributed by atoms with Crippen LogP contribution in [0.15, 0.2) is 41.1 Å². The zero-order valence-electron chi connectivity index (χ0n) is 16.4. The first-order chi connectivity index (χ1) is 14.4. The quantitative estimate of drug-likeness (QED) is 0.752. The van der Waals surface area contributed by atoms with Gasteiger partial charge in [-0.25, -0.2) is 18.4 Å². The fraction of sp³-hybridized carbons (Fsp3) is 0.400. The van der Waals surface area contributed by atoms with Crippen LogP contribution in [0.2, 0.25) is 0 Å². The lowest BCUT2D eigenvalue weighted by Gasteiger charge is -2.35. The van der Waals surface area contributed by atoms with Crippen LogP contribution in [-0.4, -0.2) is 54.2 Å². The van der Waals surface area contributed by atoms with E-state index in [9.17, 15) is 13.2 Å². The third-order valence-electron chi connectivity index (χ3n) is 5.25. The van der Waals surface area contributed by atoms with Gasteiger partial charge in [-0.2, -0.15) is 0 Å². The molecular formula is C20H23N5O4S. The zero-order chi connectivity index (χ0) is 21.1. The molecule has 1 fully saturated rings. The maximum absolute atomic E-state index is 12.8. The molecule has 0 unspecified atom stereocenters. The molecule has 0 saturated carbocycles. The van der Waals surface area contributed by atoms with Gasteiger partial charge in [-0.1, -0.05) is 12.1 Å². The Morgan fingerprint density at radius 1 is 1.20 bits per heavy atom. The molecule has 9 nitrogen and oxygen atoms in total. The first-order valence-electron chi connectivity index (χ1n) is 9.81. The van der Waals surface area contributed by atoms with Gasteiger partial charge in [-0.3, -0.25) is 4.79 Å². The SMILES string of the molecule is NC1=NS(=O)(=O)Cc2cccc(OC[C@H]3CCCCN3C(=O)Cc3ncccn3)c21. The highest BCUT2D eigenvalue weighted by Gasteiger charge is 2.29. The van der Waals surface area contributed by atoms with Gasteiger partial charge >= 0.3 is 0 Å². The Hall–Kier alpha value is -3.01. The lowest BCUT2D eigenvalue weighted by atomic mass is 10.0. The van der Waals surface area contributed by atoms with Crippen molar-refractivity contribution < 1.29 is 17.9 Å². The summed E-state index contributed by atoms with van der Waals surface area (Å²) in [6, 6.07) is 6.81. The van der Waals surface area contributed by atoms with Crippen LogP contribution in [0.1, 0.15) is 36.2 Å². The molecule has 3 heterocycles. The summed E-state index contributed by atoms with van der Waals surface area (Å²) in [4.78, 5) is 22.9. The highest BCUT2D eigenvalue weighted by molar-refractivity contribution is 7.89. The molecular weight excluding hydrogens is 406 g/mol. The number of nitrogens with zero attached hydrogens (tertiary/aromatic N) is 4. The number of amidine groups is 1. The number of nitrogens with two attached hydrogens (primary N) is 1. The number of amides is 1. The van der Waals surface area contributed by atoms with Gasteiger partial charge in [0.25, 0.3) is 10.0 Å². The molecule has 0 aliphatic carbocycles. The molecule has 158 valence electrons. The molecule has 1 amide bonds. The Kier molecular flexibility index (Phi) is 5.67. The first-order valence-corrected chi connectivity index (χ1v) is 11.4. The van der Waals surface area contributed by atoms with Gasteiger partial charge in [0.1, 0.15) is 24.0 Å². The molecule has 0 spiro atoms. The van der Waals surface area contributed by atoms with Gasteiger partial charge in [-0.15, -0.1) is 4.40 Å². The van der Waals surface area contributed by atoms with Crippen LogP contribution in [0.4, 0.5) is 0 Å². The van der Waals surface area contributed by atoms with E-state index < -0.39 is 10.0 Å². The Labute approximate surface area is 175 Å². The fourth-order valence-electron chi connectivity index (χ4n) is 3.88. The van der Waals surface area contributed by atoms with E-state index in [0.29, 0.717) is 29.2 Å². The van der Waals surface area contributed by atoms with E-state index >= 15 is 0 Å². The molecule has 2 aliphatic rings. The topological polar surface area (TPSA) is 128 Å². The van der Waals surface area contributed by atoms with Gasteiger partial charge in [0.15, 0.2) is 0 Å². The predicted molar refractivity (Wildman–Crippen MR) is 110 cm³/mol. The van der Waals surface area contributed by atoms with Crippen LogP contribution in [0.5, 0.6) is 5.75 Å². The fourth-order valence-corrected chi connectivity index (χ4v) is 4.97. The third-order valence-corrected chi connectivity index (χ3v) is 6.40. The van der Waals surface area contributed by atoms with E-state index in [4.69, 9.17) is 10.5 Å². The number of fused-ring (bicyclic) bond motifs is 1. The molecule has 2 aliphatic heterocycles. The summed E-state index contributed by atoms with van der Waals surface area (Å²) < 4.78 is 33.3. The minimum atomic E-state index is -3.60. The molecule has 2 aromatic rings. The number of carbonyl (C=O) groups is 1. The molecule has 4 rings (SSSR count). The Morgan fingerprint density at radius 2 is 2.00 bits per heavy atom. The van der Waals surface area contributed by atoms with Crippen molar-refractivity contribution in [1.29, 1.82) is 0 Å². The molecule has 10 heteroatoms. The van der Waals surface area contributed by atoms with Crippen LogP contribution >= 0.6 is 0 Å². The predicted octanol–water partition coefficient (Wildman–Crippen LogP) is 1.03. The van der Waals surface area contributed by atoms with Crippen molar-refractivity contribution in [2.24, 2.45) is 10.1 Å². The standard InChI is InChI=1S/C20H23N5O4S/c21-20-19-14(13-30(27,28)24-20)5-3-7-16(19)29-12-15-6-1-2-10-25(15)18(26)11-17-22-8-4-9-23-17/h3-5,7-9,15H,1-2,6,10-13H2,(H2,21,24)/t15-/m1/s1. The Bertz CT molecular complexity index is 1070. The lowest BCUT2D eigenvalue weighted by molar-refractivity contribution is -0.135. The summed E-state index contributed by atoms with van der Waals surface area (Å²) in [5.74, 6) is 0.676. The van der Waals surface area contributed by atoms with Crippen LogP contribution in [-0.2, 0) is 27.0 Å². The van der Waals surface area contributed by atoms with Crippen molar-refractivity contribution in [2.75, 3.05) is 13.2 Å². The molecule has 1 saturated heterocycles. The third kappa shape index (κ3) is 4.43. The molecule has 30 heavy (non-hydrogen) atoms. The Morgan fingerprint density at radius 3 is 2.80 bits per heavy atom. The summed E-state index contributed by atoms with van der Waals surface area (Å²) in [5, 5.41) is 0. The number of likely N-dealkylation sites (tertiary alicyclic amines) is 1. The van der Waals surface area contributed by atoms with Crippen molar-refractivity contribution in [3.63, 3.8) is 0 Å². The number of piperidine rings is 1. The number of benzene rings is 1. The summed E-state index contributed by atoms with van der Waals surface area (Å²) >= 11 is 0. The average Bonchev–Trinajstić information content (AvgIpc) is 2.72. The van der Waals surface area contributed by atoms with Gasteiger partial charge in [0, 0.05) is 18.9 Å². The highest BCUT2D eigenvalue weighted by Crippen LogP contribution is 2.29. The van der Waals surface area contributed by atoms with E-state index in [1.165, 1.54) is 0 Å². The normalized spacial score (nSPS) is 20.2. The summed E-state index contributed by atoms with van der Waals surface area (Å²) in [5.41, 5.74) is 6.99.